The summed E-state index contributed by atoms with van der Waals surface area (Å²) in [6.07, 6.45) is 0. The van der Waals surface area contributed by atoms with E-state index in [0.717, 1.165) is 11.4 Å². The lowest BCUT2D eigenvalue weighted by molar-refractivity contribution is 1.04. The smallest absolute Gasteiger partial charge is 0.0542 e. The normalized spacial score (nSPS) is 14.9. The molecule has 0 radical (unpaired) electrons. The number of benzene rings is 10. The van der Waals surface area contributed by atoms with E-state index in [1.54, 1.807) is 0 Å². The maximum absolute atomic E-state index is 2.51. The molecule has 12 aromatic rings. The van der Waals surface area contributed by atoms with Crippen molar-refractivity contribution in [3.63, 3.8) is 0 Å². The molecule has 1 aliphatic heterocycles. The van der Waals surface area contributed by atoms with E-state index in [2.05, 4.69) is 264 Å². The van der Waals surface area contributed by atoms with Crippen LogP contribution in [0.3, 0.4) is 0 Å². The van der Waals surface area contributed by atoms with Crippen LogP contribution in [-0.2, 0) is 0 Å². The number of nitrogens with zero attached hydrogens (tertiary/aromatic N) is 2. The van der Waals surface area contributed by atoms with Gasteiger partial charge in [0.05, 0.1) is 22.1 Å². The van der Waals surface area contributed by atoms with E-state index in [1.165, 1.54) is 82.8 Å². The monoisotopic (exact) mass is 854 g/mol. The van der Waals surface area contributed by atoms with Gasteiger partial charge < -0.3 is 9.13 Å². The van der Waals surface area contributed by atoms with Crippen molar-refractivity contribution in [2.45, 2.75) is 39.2 Å². The van der Waals surface area contributed by atoms with Crippen molar-refractivity contribution in [3.05, 3.63) is 255 Å². The Morgan fingerprint density at radius 1 is 0.219 bits per heavy atom. The molecule has 0 saturated carbocycles. The SMILES string of the molecule is c1ccc(S2(c3ccccc3)c3ccccc3S(c3ccccc3)(c3cccc(-n4c5ccccc5c5cc(-n6c7ccccc7c7ccccc76)ccc54)c3)c3ccccc32)cc1. The molecule has 0 fully saturated rings. The molecule has 304 valence electrons. The summed E-state index contributed by atoms with van der Waals surface area (Å²) in [4.78, 5) is 11.0. The van der Waals surface area contributed by atoms with E-state index in [4.69, 9.17) is 0 Å². The third-order valence-corrected chi connectivity index (χ3v) is 21.5. The molecule has 0 unspecified atom stereocenters. The van der Waals surface area contributed by atoms with Crippen LogP contribution in [0.4, 0.5) is 0 Å². The van der Waals surface area contributed by atoms with Crippen LogP contribution in [-0.4, -0.2) is 9.13 Å². The highest BCUT2D eigenvalue weighted by atomic mass is 32.3. The molecule has 2 aromatic heterocycles. The van der Waals surface area contributed by atoms with Gasteiger partial charge in [0, 0.05) is 72.1 Å². The van der Waals surface area contributed by atoms with Crippen molar-refractivity contribution in [2.24, 2.45) is 0 Å². The largest absolute Gasteiger partial charge is 0.309 e. The van der Waals surface area contributed by atoms with E-state index >= 15 is 0 Å². The highest BCUT2D eigenvalue weighted by Crippen LogP contribution is 2.88. The Kier molecular flexibility index (Phi) is 8.42. The lowest BCUT2D eigenvalue weighted by Gasteiger charge is -2.55. The van der Waals surface area contributed by atoms with Gasteiger partial charge in [-0.05, 0) is 115 Å². The summed E-state index contributed by atoms with van der Waals surface area (Å²) >= 11 is 0. The second-order valence-corrected chi connectivity index (χ2v) is 22.6. The molecular weight excluding hydrogens is 813 g/mol. The second-order valence-electron chi connectivity index (χ2n) is 16.5. The zero-order valence-corrected chi connectivity index (χ0v) is 36.6. The van der Waals surface area contributed by atoms with Crippen LogP contribution < -0.4 is 0 Å². The Bertz CT molecular complexity index is 3600. The molecule has 2 nitrogen and oxygen atoms in total. The third-order valence-electron chi connectivity index (χ3n) is 13.2. The Balaban J connectivity index is 1.09. The van der Waals surface area contributed by atoms with Crippen molar-refractivity contribution in [1.29, 1.82) is 0 Å². The summed E-state index contributed by atoms with van der Waals surface area (Å²) in [5, 5.41) is 5.01. The lowest BCUT2D eigenvalue weighted by atomic mass is 10.1. The molecule has 0 amide bonds. The summed E-state index contributed by atoms with van der Waals surface area (Å²) in [7, 11) is -3.96. The predicted molar refractivity (Wildman–Crippen MR) is 269 cm³/mol. The average molecular weight is 855 g/mol. The van der Waals surface area contributed by atoms with Crippen molar-refractivity contribution in [1.82, 2.24) is 9.13 Å². The van der Waals surface area contributed by atoms with E-state index in [-0.39, 0.29) is 0 Å². The quantitative estimate of drug-likeness (QED) is 0.158. The van der Waals surface area contributed by atoms with Crippen LogP contribution in [0.1, 0.15) is 0 Å². The van der Waals surface area contributed by atoms with Crippen molar-refractivity contribution >= 4 is 63.7 Å². The zero-order valence-electron chi connectivity index (χ0n) is 35.0. The molecule has 1 aliphatic rings. The van der Waals surface area contributed by atoms with Gasteiger partial charge in [0.1, 0.15) is 0 Å². The fourth-order valence-corrected chi connectivity index (χ4v) is 20.1. The van der Waals surface area contributed by atoms with Crippen LogP contribution in [0.5, 0.6) is 0 Å². The highest BCUT2D eigenvalue weighted by molar-refractivity contribution is 8.38. The Morgan fingerprint density at radius 2 is 0.547 bits per heavy atom. The van der Waals surface area contributed by atoms with Crippen LogP contribution >= 0.6 is 20.1 Å². The van der Waals surface area contributed by atoms with Gasteiger partial charge in [-0.2, -0.15) is 0 Å². The molecule has 4 heteroatoms. The van der Waals surface area contributed by atoms with E-state index in [1.807, 2.05) is 0 Å². The van der Waals surface area contributed by atoms with Crippen molar-refractivity contribution in [3.8, 4) is 11.4 Å². The average Bonchev–Trinajstić information content (AvgIpc) is 3.89. The maximum Gasteiger partial charge on any atom is 0.0542 e. The third kappa shape index (κ3) is 5.12. The summed E-state index contributed by atoms with van der Waals surface area (Å²) in [6, 6.07) is 95.8. The van der Waals surface area contributed by atoms with Crippen molar-refractivity contribution < 1.29 is 0 Å². The minimum atomic E-state index is -2.05. The molecule has 13 rings (SSSR count). The number of hydrogen-bond acceptors (Lipinski definition) is 0. The van der Waals surface area contributed by atoms with Crippen molar-refractivity contribution in [2.75, 3.05) is 0 Å². The van der Waals surface area contributed by atoms with Gasteiger partial charge in [-0.1, -0.05) is 140 Å². The standard InChI is InChI=1S/C60H42N2S2/c1-4-22-45(23-5-1)63(46-24-6-2-7-25-46)57-35-16-18-37-59(57)64(47-26-8-3-9-27-47,60-38-19-17-36-58(60)63)48-28-20-21-43(41-48)61-55-34-15-12-31-51(55)52-42-44(39-40-56(52)61)62-53-32-13-10-29-49(53)50-30-11-14-33-54(50)62/h1-42H. The summed E-state index contributed by atoms with van der Waals surface area (Å²) in [5.41, 5.74) is 7.12. The molecule has 3 heterocycles. The first-order valence-electron chi connectivity index (χ1n) is 21.9. The maximum atomic E-state index is 2.51. The van der Waals surface area contributed by atoms with E-state index in [9.17, 15) is 0 Å². The topological polar surface area (TPSA) is 9.86 Å². The second kappa shape index (κ2) is 14.5. The van der Waals surface area contributed by atoms with E-state index < -0.39 is 20.1 Å². The van der Waals surface area contributed by atoms with Crippen LogP contribution in [0.25, 0.3) is 55.0 Å². The Morgan fingerprint density at radius 3 is 1.00 bits per heavy atom. The first kappa shape index (κ1) is 37.1. The van der Waals surface area contributed by atoms with Gasteiger partial charge in [0.2, 0.25) is 0 Å². The Hall–Kier alpha value is -7.50. The molecular formula is C60H42N2S2. The molecule has 0 aliphatic carbocycles. The van der Waals surface area contributed by atoms with Gasteiger partial charge in [0.15, 0.2) is 0 Å². The van der Waals surface area contributed by atoms with Crippen LogP contribution in [0, 0.1) is 0 Å². The lowest BCUT2D eigenvalue weighted by Crippen LogP contribution is -2.19. The molecule has 10 aromatic carbocycles. The molecule has 0 saturated heterocycles. The molecule has 0 spiro atoms. The summed E-state index contributed by atoms with van der Waals surface area (Å²) in [5.74, 6) is 0. The van der Waals surface area contributed by atoms with Gasteiger partial charge in [-0.15, -0.1) is 20.1 Å². The number of aromatic nitrogens is 2. The summed E-state index contributed by atoms with van der Waals surface area (Å²) in [6.45, 7) is 0. The number of fused-ring (bicyclic) bond motifs is 8. The van der Waals surface area contributed by atoms with Crippen LogP contribution in [0.15, 0.2) is 294 Å². The van der Waals surface area contributed by atoms with Gasteiger partial charge in [-0.3, -0.25) is 0 Å². The molecule has 0 bridgehead atoms. The van der Waals surface area contributed by atoms with Gasteiger partial charge in [0.25, 0.3) is 0 Å². The first-order chi connectivity index (χ1) is 31.8. The zero-order chi connectivity index (χ0) is 42.2. The highest BCUT2D eigenvalue weighted by Gasteiger charge is 2.49. The summed E-state index contributed by atoms with van der Waals surface area (Å²) < 4.78 is 4.92. The van der Waals surface area contributed by atoms with E-state index in [0.29, 0.717) is 0 Å². The minimum absolute atomic E-state index is 1.15. The fraction of sp³-hybridized carbons (Fsp3) is 0. The number of para-hydroxylation sites is 3. The first-order valence-corrected chi connectivity index (χ1v) is 25.2. The van der Waals surface area contributed by atoms with Crippen LogP contribution in [0.2, 0.25) is 0 Å². The fourth-order valence-electron chi connectivity index (χ4n) is 10.7. The molecule has 64 heavy (non-hydrogen) atoms. The molecule has 0 N–H and O–H groups in total. The number of rotatable bonds is 6. The minimum Gasteiger partial charge on any atom is -0.309 e. The van der Waals surface area contributed by atoms with Gasteiger partial charge in [-0.25, -0.2) is 0 Å². The number of hydrogen-bond donors (Lipinski definition) is 0. The van der Waals surface area contributed by atoms with Gasteiger partial charge >= 0.3 is 0 Å². The predicted octanol–water partition coefficient (Wildman–Crippen LogP) is 16.9. The Labute approximate surface area is 376 Å². The molecule has 0 atom stereocenters.